The molecule has 2 aliphatic heterocycles. The van der Waals surface area contributed by atoms with Gasteiger partial charge in [0, 0.05) is 18.7 Å². The Morgan fingerprint density at radius 3 is 2.88 bits per heavy atom. The maximum absolute atomic E-state index is 5.97. The van der Waals surface area contributed by atoms with Gasteiger partial charge in [0.1, 0.15) is 11.9 Å². The first-order valence-electron chi connectivity index (χ1n) is 9.32. The Balaban J connectivity index is 1.86. The van der Waals surface area contributed by atoms with Gasteiger partial charge in [-0.1, -0.05) is 32.0 Å². The fourth-order valence-electron chi connectivity index (χ4n) is 3.92. The standard InChI is InChI=1S/C20H27N3O/c1-14(2)15-8-3-4-10-17(15)23-20-16(9-5-6-12-21-20)19(22-23)18-11-7-13-24-18/h3-4,8,10,14,18,21H,5-7,9,11-13H2,1-2H3. The molecule has 0 radical (unpaired) electrons. The van der Waals surface area contributed by atoms with E-state index in [4.69, 9.17) is 9.84 Å². The molecule has 128 valence electrons. The van der Waals surface area contributed by atoms with Crippen molar-refractivity contribution in [2.24, 2.45) is 0 Å². The smallest absolute Gasteiger partial charge is 0.133 e. The molecule has 0 spiro atoms. The van der Waals surface area contributed by atoms with E-state index < -0.39 is 0 Å². The van der Waals surface area contributed by atoms with Crippen LogP contribution < -0.4 is 5.32 Å². The van der Waals surface area contributed by atoms with E-state index in [0.717, 1.165) is 38.1 Å². The van der Waals surface area contributed by atoms with Crippen molar-refractivity contribution in [1.82, 2.24) is 9.78 Å². The van der Waals surface area contributed by atoms with Crippen LogP contribution in [0.4, 0.5) is 5.82 Å². The third-order valence-electron chi connectivity index (χ3n) is 5.18. The highest BCUT2D eigenvalue weighted by Gasteiger charge is 2.29. The van der Waals surface area contributed by atoms with Gasteiger partial charge >= 0.3 is 0 Å². The summed E-state index contributed by atoms with van der Waals surface area (Å²) in [5.74, 6) is 1.66. The first-order chi connectivity index (χ1) is 11.8. The second kappa shape index (κ2) is 6.60. The van der Waals surface area contributed by atoms with Gasteiger partial charge < -0.3 is 10.1 Å². The highest BCUT2D eigenvalue weighted by molar-refractivity contribution is 5.57. The van der Waals surface area contributed by atoms with Gasteiger partial charge in [0.25, 0.3) is 0 Å². The average Bonchev–Trinajstić information content (AvgIpc) is 3.17. The van der Waals surface area contributed by atoms with Crippen LogP contribution >= 0.6 is 0 Å². The molecule has 4 nitrogen and oxygen atoms in total. The maximum atomic E-state index is 5.97. The van der Waals surface area contributed by atoms with E-state index >= 15 is 0 Å². The molecule has 3 heterocycles. The molecule has 0 aliphatic carbocycles. The predicted molar refractivity (Wildman–Crippen MR) is 97.0 cm³/mol. The lowest BCUT2D eigenvalue weighted by atomic mass is 10.0. The van der Waals surface area contributed by atoms with Gasteiger partial charge in [0.15, 0.2) is 0 Å². The van der Waals surface area contributed by atoms with Crippen LogP contribution in [0, 0.1) is 0 Å². The fourth-order valence-corrected chi connectivity index (χ4v) is 3.92. The summed E-state index contributed by atoms with van der Waals surface area (Å²) in [5.41, 5.74) is 5.07. The van der Waals surface area contributed by atoms with Crippen molar-refractivity contribution < 1.29 is 4.74 Å². The molecule has 0 amide bonds. The van der Waals surface area contributed by atoms with Gasteiger partial charge in [-0.3, -0.25) is 0 Å². The quantitative estimate of drug-likeness (QED) is 0.896. The summed E-state index contributed by atoms with van der Waals surface area (Å²) in [6.45, 7) is 6.38. The highest BCUT2D eigenvalue weighted by Crippen LogP contribution is 2.37. The zero-order chi connectivity index (χ0) is 16.5. The van der Waals surface area contributed by atoms with Crippen LogP contribution in [0.25, 0.3) is 5.69 Å². The van der Waals surface area contributed by atoms with E-state index in [0.29, 0.717) is 5.92 Å². The lowest BCUT2D eigenvalue weighted by Crippen LogP contribution is -2.09. The number of aromatic nitrogens is 2. The Kier molecular flexibility index (Phi) is 4.31. The van der Waals surface area contributed by atoms with Crippen LogP contribution in [-0.2, 0) is 11.2 Å². The molecule has 1 atom stereocenters. The predicted octanol–water partition coefficient (Wildman–Crippen LogP) is 4.60. The summed E-state index contributed by atoms with van der Waals surface area (Å²) < 4.78 is 8.12. The number of para-hydroxylation sites is 1. The lowest BCUT2D eigenvalue weighted by Gasteiger charge is -2.15. The number of rotatable bonds is 3. The Morgan fingerprint density at radius 1 is 1.21 bits per heavy atom. The topological polar surface area (TPSA) is 39.1 Å². The molecule has 0 saturated carbocycles. The van der Waals surface area contributed by atoms with Crippen molar-refractivity contribution in [3.63, 3.8) is 0 Å². The molecular formula is C20H27N3O. The number of ether oxygens (including phenoxy) is 1. The minimum atomic E-state index is 0.172. The third kappa shape index (κ3) is 2.73. The first-order valence-corrected chi connectivity index (χ1v) is 9.32. The van der Waals surface area contributed by atoms with E-state index in [2.05, 4.69) is 48.1 Å². The Morgan fingerprint density at radius 2 is 2.08 bits per heavy atom. The third-order valence-corrected chi connectivity index (χ3v) is 5.18. The van der Waals surface area contributed by atoms with Crippen LogP contribution in [0.2, 0.25) is 0 Å². The van der Waals surface area contributed by atoms with Gasteiger partial charge in [0.05, 0.1) is 11.4 Å². The van der Waals surface area contributed by atoms with E-state index in [1.807, 2.05) is 0 Å². The zero-order valence-corrected chi connectivity index (χ0v) is 14.7. The maximum Gasteiger partial charge on any atom is 0.133 e. The van der Waals surface area contributed by atoms with Crippen LogP contribution in [0.1, 0.15) is 68.4 Å². The number of anilines is 1. The minimum Gasteiger partial charge on any atom is -0.372 e. The van der Waals surface area contributed by atoms with Crippen molar-refractivity contribution >= 4 is 5.82 Å². The molecular weight excluding hydrogens is 298 g/mol. The number of nitrogens with zero attached hydrogens (tertiary/aromatic N) is 2. The number of nitrogens with one attached hydrogen (secondary N) is 1. The van der Waals surface area contributed by atoms with Crippen LogP contribution in [0.3, 0.4) is 0 Å². The summed E-state index contributed by atoms with van der Waals surface area (Å²) in [4.78, 5) is 0. The normalized spacial score (nSPS) is 20.7. The highest BCUT2D eigenvalue weighted by atomic mass is 16.5. The van der Waals surface area contributed by atoms with Crippen molar-refractivity contribution in [2.75, 3.05) is 18.5 Å². The molecule has 1 aromatic carbocycles. The van der Waals surface area contributed by atoms with Crippen molar-refractivity contribution in [3.05, 3.63) is 41.1 Å². The second-order valence-corrected chi connectivity index (χ2v) is 7.22. The summed E-state index contributed by atoms with van der Waals surface area (Å²) >= 11 is 0. The Labute approximate surface area is 144 Å². The van der Waals surface area contributed by atoms with E-state index in [1.54, 1.807) is 0 Å². The minimum absolute atomic E-state index is 0.172. The van der Waals surface area contributed by atoms with E-state index in [-0.39, 0.29) is 6.10 Å². The number of benzene rings is 1. The molecule has 1 fully saturated rings. The summed E-state index contributed by atoms with van der Waals surface area (Å²) in [5, 5.41) is 8.71. The molecule has 2 aliphatic rings. The van der Waals surface area contributed by atoms with Gasteiger partial charge in [-0.2, -0.15) is 5.10 Å². The van der Waals surface area contributed by atoms with Gasteiger partial charge in [-0.15, -0.1) is 0 Å². The largest absolute Gasteiger partial charge is 0.372 e. The molecule has 24 heavy (non-hydrogen) atoms. The number of hydrogen-bond acceptors (Lipinski definition) is 3. The van der Waals surface area contributed by atoms with E-state index in [9.17, 15) is 0 Å². The van der Waals surface area contributed by atoms with Crippen molar-refractivity contribution in [3.8, 4) is 5.69 Å². The van der Waals surface area contributed by atoms with Gasteiger partial charge in [-0.25, -0.2) is 4.68 Å². The molecule has 1 saturated heterocycles. The SMILES string of the molecule is CC(C)c1ccccc1-n1nc(C2CCCO2)c2c1NCCCC2. The molecule has 1 unspecified atom stereocenters. The Bertz CT molecular complexity index is 714. The fraction of sp³-hybridized carbons (Fsp3) is 0.550. The number of hydrogen-bond donors (Lipinski definition) is 1. The lowest BCUT2D eigenvalue weighted by molar-refractivity contribution is 0.107. The second-order valence-electron chi connectivity index (χ2n) is 7.22. The molecule has 1 aromatic heterocycles. The summed E-state index contributed by atoms with van der Waals surface area (Å²) in [6.07, 6.45) is 5.94. The van der Waals surface area contributed by atoms with Crippen molar-refractivity contribution in [1.29, 1.82) is 0 Å². The van der Waals surface area contributed by atoms with Crippen LogP contribution in [-0.4, -0.2) is 22.9 Å². The van der Waals surface area contributed by atoms with Crippen molar-refractivity contribution in [2.45, 2.75) is 58.0 Å². The molecule has 4 heteroatoms. The summed E-state index contributed by atoms with van der Waals surface area (Å²) in [7, 11) is 0. The van der Waals surface area contributed by atoms with Gasteiger partial charge in [0.2, 0.25) is 0 Å². The van der Waals surface area contributed by atoms with E-state index in [1.165, 1.54) is 35.5 Å². The molecule has 4 rings (SSSR count). The molecule has 0 bridgehead atoms. The summed E-state index contributed by atoms with van der Waals surface area (Å²) in [6, 6.07) is 8.64. The Hall–Kier alpha value is -1.81. The first kappa shape index (κ1) is 15.7. The molecule has 2 aromatic rings. The van der Waals surface area contributed by atoms with Crippen LogP contribution in [0.5, 0.6) is 0 Å². The van der Waals surface area contributed by atoms with Crippen LogP contribution in [0.15, 0.2) is 24.3 Å². The number of fused-ring (bicyclic) bond motifs is 1. The average molecular weight is 325 g/mol. The monoisotopic (exact) mass is 325 g/mol. The molecule has 1 N–H and O–H groups in total. The van der Waals surface area contributed by atoms with Gasteiger partial charge in [-0.05, 0) is 49.7 Å². The zero-order valence-electron chi connectivity index (χ0n) is 14.7.